The van der Waals surface area contributed by atoms with Crippen LogP contribution in [-0.2, 0) is 11.2 Å². The molecule has 2 aromatic carbocycles. The molecular weight excluding hydrogens is 336 g/mol. The molecule has 0 fully saturated rings. The van der Waals surface area contributed by atoms with Crippen LogP contribution in [-0.4, -0.2) is 22.8 Å². The van der Waals surface area contributed by atoms with Crippen molar-refractivity contribution in [1.29, 1.82) is 0 Å². The Kier molecular flexibility index (Phi) is 5.38. The number of carbonyl (C=O) groups is 2. The smallest absolute Gasteiger partial charge is 0.272 e. The minimum Gasteiger partial charge on any atom is -0.368 e. The van der Waals surface area contributed by atoms with Crippen LogP contribution in [0.1, 0.15) is 15.9 Å². The lowest BCUT2D eigenvalue weighted by Crippen LogP contribution is -2.46. The van der Waals surface area contributed by atoms with Crippen molar-refractivity contribution in [3.05, 3.63) is 75.3 Å². The average Bonchev–Trinajstić information content (AvgIpc) is 2.56. The molecule has 0 aromatic heterocycles. The monoisotopic (exact) mass is 349 g/mol. The van der Waals surface area contributed by atoms with Gasteiger partial charge in [-0.3, -0.25) is 19.7 Å². The minimum atomic E-state index is -1.37. The number of nitrogens with one attached hydrogen (secondary N) is 1. The second-order valence-corrected chi connectivity index (χ2v) is 5.12. The summed E-state index contributed by atoms with van der Waals surface area (Å²) in [7, 11) is 0. The van der Waals surface area contributed by atoms with Gasteiger partial charge in [0.05, 0.1) is 10.5 Å². The maximum absolute atomic E-state index is 13.7. The van der Waals surface area contributed by atoms with E-state index in [-0.39, 0.29) is 17.7 Å². The first-order valence-electron chi connectivity index (χ1n) is 7.07. The number of benzene rings is 2. The molecule has 3 N–H and O–H groups in total. The summed E-state index contributed by atoms with van der Waals surface area (Å²) in [4.78, 5) is 34.0. The summed E-state index contributed by atoms with van der Waals surface area (Å²) < 4.78 is 26.9. The summed E-state index contributed by atoms with van der Waals surface area (Å²) in [6.45, 7) is 0. The highest BCUT2D eigenvalue weighted by molar-refractivity contribution is 5.97. The van der Waals surface area contributed by atoms with Crippen LogP contribution in [0, 0.1) is 21.7 Å². The van der Waals surface area contributed by atoms with E-state index in [0.717, 1.165) is 18.2 Å². The zero-order valence-electron chi connectivity index (χ0n) is 12.7. The number of amides is 2. The molecule has 1 atom stereocenters. The van der Waals surface area contributed by atoms with Crippen molar-refractivity contribution in [2.45, 2.75) is 12.5 Å². The van der Waals surface area contributed by atoms with Gasteiger partial charge in [0.15, 0.2) is 11.6 Å². The predicted octanol–water partition coefficient (Wildman–Crippen LogP) is 1.70. The number of rotatable bonds is 6. The molecule has 0 aliphatic heterocycles. The highest BCUT2D eigenvalue weighted by Crippen LogP contribution is 2.19. The van der Waals surface area contributed by atoms with Gasteiger partial charge in [-0.1, -0.05) is 24.3 Å². The molecule has 2 rings (SSSR count). The van der Waals surface area contributed by atoms with Crippen LogP contribution in [0.15, 0.2) is 42.5 Å². The maximum atomic E-state index is 13.7. The minimum absolute atomic E-state index is 0.163. The van der Waals surface area contributed by atoms with E-state index in [9.17, 15) is 28.5 Å². The Morgan fingerprint density at radius 1 is 1.16 bits per heavy atom. The summed E-state index contributed by atoms with van der Waals surface area (Å²) in [6, 6.07) is 7.29. The Bertz CT molecular complexity index is 842. The Hall–Kier alpha value is -3.36. The van der Waals surface area contributed by atoms with Gasteiger partial charge >= 0.3 is 0 Å². The van der Waals surface area contributed by atoms with Crippen LogP contribution in [0.5, 0.6) is 0 Å². The first-order chi connectivity index (χ1) is 11.8. The molecule has 0 unspecified atom stereocenters. The van der Waals surface area contributed by atoms with Gasteiger partial charge in [-0.05, 0) is 12.1 Å². The van der Waals surface area contributed by atoms with Gasteiger partial charge in [0.2, 0.25) is 5.91 Å². The SMILES string of the molecule is NC(=O)[C@H](Cc1ccccc1[N+](=O)[O-])NC(=O)c1cccc(F)c1F. The topological polar surface area (TPSA) is 115 Å². The standard InChI is InChI=1S/C16H13F2N3O4/c17-11-6-3-5-10(14(11)18)16(23)20-12(15(19)22)8-9-4-1-2-7-13(9)21(24)25/h1-7,12H,8H2,(H2,19,22)(H,20,23)/t12-/m0/s1. The quantitative estimate of drug-likeness (QED) is 0.610. The van der Waals surface area contributed by atoms with E-state index in [2.05, 4.69) is 5.32 Å². The van der Waals surface area contributed by atoms with Crippen LogP contribution in [0.3, 0.4) is 0 Å². The Balaban J connectivity index is 2.25. The molecular formula is C16H13F2N3O4. The third kappa shape index (κ3) is 4.14. The third-order valence-electron chi connectivity index (χ3n) is 3.46. The highest BCUT2D eigenvalue weighted by Gasteiger charge is 2.25. The summed E-state index contributed by atoms with van der Waals surface area (Å²) in [6.07, 6.45) is -0.269. The number of nitro groups is 1. The fourth-order valence-corrected chi connectivity index (χ4v) is 2.22. The Morgan fingerprint density at radius 2 is 1.84 bits per heavy atom. The zero-order valence-corrected chi connectivity index (χ0v) is 12.7. The first kappa shape index (κ1) is 18.0. The van der Waals surface area contributed by atoms with E-state index in [1.54, 1.807) is 0 Å². The Labute approximate surface area is 140 Å². The molecule has 25 heavy (non-hydrogen) atoms. The van der Waals surface area contributed by atoms with Gasteiger partial charge in [-0.2, -0.15) is 0 Å². The highest BCUT2D eigenvalue weighted by atomic mass is 19.2. The van der Waals surface area contributed by atoms with Crippen LogP contribution in [0.2, 0.25) is 0 Å². The van der Waals surface area contributed by atoms with Crippen molar-refractivity contribution in [3.8, 4) is 0 Å². The number of hydrogen-bond donors (Lipinski definition) is 2. The van der Waals surface area contributed by atoms with Gasteiger partial charge in [0, 0.05) is 18.1 Å². The predicted molar refractivity (Wildman–Crippen MR) is 83.6 cm³/mol. The molecule has 0 saturated carbocycles. The number of nitrogens with zero attached hydrogens (tertiary/aromatic N) is 1. The normalized spacial score (nSPS) is 11.6. The molecule has 130 valence electrons. The number of nitro benzene ring substituents is 1. The molecule has 0 radical (unpaired) electrons. The van der Waals surface area contributed by atoms with Crippen molar-refractivity contribution in [2.24, 2.45) is 5.73 Å². The van der Waals surface area contributed by atoms with Crippen molar-refractivity contribution in [3.63, 3.8) is 0 Å². The van der Waals surface area contributed by atoms with Crippen LogP contribution in [0.25, 0.3) is 0 Å². The van der Waals surface area contributed by atoms with Crippen molar-refractivity contribution >= 4 is 17.5 Å². The van der Waals surface area contributed by atoms with E-state index >= 15 is 0 Å². The molecule has 0 aliphatic rings. The van der Waals surface area contributed by atoms with Crippen LogP contribution >= 0.6 is 0 Å². The Morgan fingerprint density at radius 3 is 2.48 bits per heavy atom. The van der Waals surface area contributed by atoms with Gasteiger partial charge in [-0.25, -0.2) is 8.78 Å². The molecule has 2 aromatic rings. The lowest BCUT2D eigenvalue weighted by atomic mass is 10.0. The van der Waals surface area contributed by atoms with Crippen LogP contribution in [0.4, 0.5) is 14.5 Å². The van der Waals surface area contributed by atoms with E-state index in [0.29, 0.717) is 0 Å². The fraction of sp³-hybridized carbons (Fsp3) is 0.125. The molecule has 0 aliphatic carbocycles. The van der Waals surface area contributed by atoms with Crippen molar-refractivity contribution in [1.82, 2.24) is 5.32 Å². The zero-order chi connectivity index (χ0) is 18.6. The van der Waals surface area contributed by atoms with Crippen molar-refractivity contribution < 1.29 is 23.3 Å². The van der Waals surface area contributed by atoms with E-state index in [1.165, 1.54) is 24.3 Å². The largest absolute Gasteiger partial charge is 0.368 e. The summed E-state index contributed by atoms with van der Waals surface area (Å²) in [5.74, 6) is -4.61. The summed E-state index contributed by atoms with van der Waals surface area (Å²) >= 11 is 0. The molecule has 0 spiro atoms. The van der Waals surface area contributed by atoms with E-state index in [1.807, 2.05) is 0 Å². The van der Waals surface area contributed by atoms with Crippen LogP contribution < -0.4 is 11.1 Å². The first-order valence-corrected chi connectivity index (χ1v) is 7.07. The number of carbonyl (C=O) groups excluding carboxylic acids is 2. The second kappa shape index (κ2) is 7.47. The van der Waals surface area contributed by atoms with Gasteiger partial charge in [-0.15, -0.1) is 0 Å². The summed E-state index contributed by atoms with van der Waals surface area (Å²) in [5.41, 5.74) is 4.52. The third-order valence-corrected chi connectivity index (χ3v) is 3.46. The molecule has 7 nitrogen and oxygen atoms in total. The molecule has 2 amide bonds. The maximum Gasteiger partial charge on any atom is 0.272 e. The molecule has 0 bridgehead atoms. The molecule has 0 saturated heterocycles. The van der Waals surface area contributed by atoms with Gasteiger partial charge < -0.3 is 11.1 Å². The van der Waals surface area contributed by atoms with E-state index in [4.69, 9.17) is 5.73 Å². The van der Waals surface area contributed by atoms with Crippen molar-refractivity contribution in [2.75, 3.05) is 0 Å². The van der Waals surface area contributed by atoms with Gasteiger partial charge in [0.1, 0.15) is 6.04 Å². The van der Waals surface area contributed by atoms with Gasteiger partial charge in [0.25, 0.3) is 11.6 Å². The average molecular weight is 349 g/mol. The summed E-state index contributed by atoms with van der Waals surface area (Å²) in [5, 5.41) is 13.2. The fourth-order valence-electron chi connectivity index (χ4n) is 2.22. The van der Waals surface area contributed by atoms with E-state index < -0.39 is 40.0 Å². The number of nitrogens with two attached hydrogens (primary N) is 1. The number of para-hydroxylation sites is 1. The number of primary amides is 1. The number of hydrogen-bond acceptors (Lipinski definition) is 4. The number of halogens is 2. The molecule has 0 heterocycles. The lowest BCUT2D eigenvalue weighted by molar-refractivity contribution is -0.385. The molecule has 9 heteroatoms. The lowest BCUT2D eigenvalue weighted by Gasteiger charge is -2.16. The second-order valence-electron chi connectivity index (χ2n) is 5.12.